The van der Waals surface area contributed by atoms with Gasteiger partial charge in [-0.3, -0.25) is 4.90 Å². The number of hydrogen-bond donors (Lipinski definition) is 2. The summed E-state index contributed by atoms with van der Waals surface area (Å²) < 4.78 is 0. The summed E-state index contributed by atoms with van der Waals surface area (Å²) in [5, 5.41) is 9.25. The Morgan fingerprint density at radius 1 is 1.40 bits per heavy atom. The summed E-state index contributed by atoms with van der Waals surface area (Å²) in [5.74, 6) is 0. The highest BCUT2D eigenvalue weighted by atomic mass is 16.3. The molecule has 1 aliphatic carbocycles. The van der Waals surface area contributed by atoms with Gasteiger partial charge in [-0.15, -0.1) is 0 Å². The quantitative estimate of drug-likeness (QED) is 0.717. The first-order chi connectivity index (χ1) is 6.94. The summed E-state index contributed by atoms with van der Waals surface area (Å²) in [6.45, 7) is 7.21. The van der Waals surface area contributed by atoms with E-state index in [-0.39, 0.29) is 12.1 Å². The Morgan fingerprint density at radius 3 is 2.60 bits per heavy atom. The maximum atomic E-state index is 9.25. The summed E-state index contributed by atoms with van der Waals surface area (Å²) in [5.41, 5.74) is 6.28. The number of nitrogens with two attached hydrogens (primary N) is 1. The van der Waals surface area contributed by atoms with Crippen molar-refractivity contribution in [3.05, 3.63) is 0 Å². The van der Waals surface area contributed by atoms with Gasteiger partial charge in [0.1, 0.15) is 0 Å². The molecule has 1 aliphatic heterocycles. The van der Waals surface area contributed by atoms with Crippen LogP contribution in [-0.4, -0.2) is 41.3 Å². The maximum absolute atomic E-state index is 9.25. The van der Waals surface area contributed by atoms with E-state index < -0.39 is 0 Å². The Morgan fingerprint density at radius 2 is 2.13 bits per heavy atom. The molecule has 1 saturated heterocycles. The Balaban J connectivity index is 1.92. The van der Waals surface area contributed by atoms with Crippen molar-refractivity contribution in [1.82, 2.24) is 4.90 Å². The monoisotopic (exact) mass is 212 g/mol. The lowest BCUT2D eigenvalue weighted by Gasteiger charge is -2.27. The molecular formula is C12H24N2O. The van der Waals surface area contributed by atoms with Crippen molar-refractivity contribution < 1.29 is 5.11 Å². The van der Waals surface area contributed by atoms with E-state index in [0.29, 0.717) is 11.5 Å². The number of nitrogens with zero attached hydrogens (tertiary/aromatic N) is 1. The van der Waals surface area contributed by atoms with E-state index in [1.807, 2.05) is 0 Å². The number of hydrogen-bond acceptors (Lipinski definition) is 3. The smallest absolute Gasteiger partial charge is 0.0611 e. The van der Waals surface area contributed by atoms with Gasteiger partial charge in [-0.1, -0.05) is 13.8 Å². The molecular weight excluding hydrogens is 188 g/mol. The second kappa shape index (κ2) is 3.72. The molecule has 3 N–H and O–H groups in total. The van der Waals surface area contributed by atoms with Crippen molar-refractivity contribution in [3.63, 3.8) is 0 Å². The van der Waals surface area contributed by atoms with Crippen LogP contribution >= 0.6 is 0 Å². The summed E-state index contributed by atoms with van der Waals surface area (Å²) >= 11 is 0. The molecule has 1 heterocycles. The highest BCUT2D eigenvalue weighted by Crippen LogP contribution is 2.37. The van der Waals surface area contributed by atoms with E-state index in [1.165, 1.54) is 19.5 Å². The molecule has 3 nitrogen and oxygen atoms in total. The zero-order valence-electron chi connectivity index (χ0n) is 10.00. The minimum absolute atomic E-state index is 0.140. The standard InChI is InChI=1S/C12H24N2O/c1-11(2)5-6-14(8-11)10-3-4-12(13,7-10)9-15/h10,15H,3-9,13H2,1-2H3. The number of likely N-dealkylation sites (tertiary alicyclic amines) is 1. The molecule has 0 amide bonds. The fourth-order valence-corrected chi connectivity index (χ4v) is 3.05. The second-order valence-corrected chi connectivity index (χ2v) is 6.30. The van der Waals surface area contributed by atoms with Gasteiger partial charge in [0.15, 0.2) is 0 Å². The Labute approximate surface area is 92.6 Å². The molecule has 0 bridgehead atoms. The van der Waals surface area contributed by atoms with Crippen molar-refractivity contribution in [1.29, 1.82) is 0 Å². The van der Waals surface area contributed by atoms with Gasteiger partial charge in [-0.05, 0) is 37.6 Å². The molecule has 2 aliphatic rings. The fourth-order valence-electron chi connectivity index (χ4n) is 3.05. The van der Waals surface area contributed by atoms with E-state index in [9.17, 15) is 5.11 Å². The molecule has 0 aromatic carbocycles. The van der Waals surface area contributed by atoms with Gasteiger partial charge in [-0.25, -0.2) is 0 Å². The second-order valence-electron chi connectivity index (χ2n) is 6.30. The van der Waals surface area contributed by atoms with Crippen molar-refractivity contribution in [2.24, 2.45) is 11.1 Å². The Kier molecular flexibility index (Phi) is 2.82. The van der Waals surface area contributed by atoms with E-state index in [2.05, 4.69) is 18.7 Å². The van der Waals surface area contributed by atoms with Crippen LogP contribution in [0.5, 0.6) is 0 Å². The third kappa shape index (κ3) is 2.35. The summed E-state index contributed by atoms with van der Waals surface area (Å²) in [6.07, 6.45) is 4.40. The van der Waals surface area contributed by atoms with E-state index in [0.717, 1.165) is 19.3 Å². The van der Waals surface area contributed by atoms with Crippen LogP contribution in [0.3, 0.4) is 0 Å². The number of aliphatic hydroxyl groups excluding tert-OH is 1. The third-order valence-electron chi connectivity index (χ3n) is 4.16. The largest absolute Gasteiger partial charge is 0.394 e. The van der Waals surface area contributed by atoms with E-state index >= 15 is 0 Å². The molecule has 1 saturated carbocycles. The van der Waals surface area contributed by atoms with Crippen LogP contribution in [0.2, 0.25) is 0 Å². The predicted octanol–water partition coefficient (Wildman–Crippen LogP) is 0.961. The molecule has 15 heavy (non-hydrogen) atoms. The summed E-state index contributed by atoms with van der Waals surface area (Å²) in [6, 6.07) is 0.615. The van der Waals surface area contributed by atoms with Gasteiger partial charge >= 0.3 is 0 Å². The van der Waals surface area contributed by atoms with Crippen LogP contribution in [0, 0.1) is 5.41 Å². The molecule has 2 rings (SSSR count). The average Bonchev–Trinajstić information content (AvgIpc) is 2.71. The van der Waals surface area contributed by atoms with Crippen LogP contribution in [0.25, 0.3) is 0 Å². The van der Waals surface area contributed by atoms with Crippen molar-refractivity contribution in [2.45, 2.75) is 51.1 Å². The van der Waals surface area contributed by atoms with Crippen LogP contribution in [0.4, 0.5) is 0 Å². The SMILES string of the molecule is CC1(C)CCN(C2CCC(N)(CO)C2)C1. The molecule has 88 valence electrons. The highest BCUT2D eigenvalue weighted by Gasteiger charge is 2.41. The van der Waals surface area contributed by atoms with Gasteiger partial charge < -0.3 is 10.8 Å². The Bertz CT molecular complexity index is 242. The minimum Gasteiger partial charge on any atom is -0.394 e. The van der Waals surface area contributed by atoms with Crippen LogP contribution in [0.1, 0.15) is 39.5 Å². The minimum atomic E-state index is -0.294. The van der Waals surface area contributed by atoms with E-state index in [4.69, 9.17) is 5.73 Å². The van der Waals surface area contributed by atoms with Crippen molar-refractivity contribution in [3.8, 4) is 0 Å². The zero-order valence-corrected chi connectivity index (χ0v) is 10.00. The molecule has 2 unspecified atom stereocenters. The molecule has 3 heteroatoms. The summed E-state index contributed by atoms with van der Waals surface area (Å²) in [7, 11) is 0. The number of aliphatic hydroxyl groups is 1. The van der Waals surface area contributed by atoms with Crippen molar-refractivity contribution in [2.75, 3.05) is 19.7 Å². The zero-order chi connectivity index (χ0) is 11.1. The summed E-state index contributed by atoms with van der Waals surface area (Å²) in [4.78, 5) is 2.57. The first kappa shape index (κ1) is 11.4. The van der Waals surface area contributed by atoms with Gasteiger partial charge in [-0.2, -0.15) is 0 Å². The highest BCUT2D eigenvalue weighted by molar-refractivity contribution is 4.99. The van der Waals surface area contributed by atoms with Crippen LogP contribution in [0.15, 0.2) is 0 Å². The maximum Gasteiger partial charge on any atom is 0.0611 e. The Hall–Kier alpha value is -0.120. The van der Waals surface area contributed by atoms with Gasteiger partial charge in [0.05, 0.1) is 6.61 Å². The first-order valence-corrected chi connectivity index (χ1v) is 6.08. The normalized spacial score (nSPS) is 41.2. The van der Waals surface area contributed by atoms with Gasteiger partial charge in [0.2, 0.25) is 0 Å². The van der Waals surface area contributed by atoms with Crippen molar-refractivity contribution >= 4 is 0 Å². The van der Waals surface area contributed by atoms with Gasteiger partial charge in [0, 0.05) is 18.1 Å². The van der Waals surface area contributed by atoms with Gasteiger partial charge in [0.25, 0.3) is 0 Å². The molecule has 0 aromatic heterocycles. The third-order valence-corrected chi connectivity index (χ3v) is 4.16. The first-order valence-electron chi connectivity index (χ1n) is 6.08. The average molecular weight is 212 g/mol. The predicted molar refractivity (Wildman–Crippen MR) is 61.6 cm³/mol. The molecule has 2 atom stereocenters. The lowest BCUT2D eigenvalue weighted by Crippen LogP contribution is -2.43. The lowest BCUT2D eigenvalue weighted by atomic mass is 9.93. The van der Waals surface area contributed by atoms with E-state index in [1.54, 1.807) is 0 Å². The van der Waals surface area contributed by atoms with Crippen LogP contribution in [-0.2, 0) is 0 Å². The van der Waals surface area contributed by atoms with Crippen LogP contribution < -0.4 is 5.73 Å². The lowest BCUT2D eigenvalue weighted by molar-refractivity contribution is 0.174. The topological polar surface area (TPSA) is 49.5 Å². The number of rotatable bonds is 2. The molecule has 2 fully saturated rings. The fraction of sp³-hybridized carbons (Fsp3) is 1.00. The molecule has 0 radical (unpaired) electrons. The molecule has 0 aromatic rings. The molecule has 0 spiro atoms.